The number of nitrogens with zero attached hydrogens (tertiary/aromatic N) is 2. The summed E-state index contributed by atoms with van der Waals surface area (Å²) in [6.45, 7) is -0.263. The Kier molecular flexibility index (Phi) is 7.56. The highest BCUT2D eigenvalue weighted by molar-refractivity contribution is 8.00. The van der Waals surface area contributed by atoms with Crippen molar-refractivity contribution in [1.82, 2.24) is 4.57 Å². The van der Waals surface area contributed by atoms with E-state index in [0.29, 0.717) is 43.4 Å². The number of halogens is 1. The van der Waals surface area contributed by atoms with Crippen LogP contribution in [-0.2, 0) is 20.9 Å². The molecule has 12 heteroatoms. The second kappa shape index (κ2) is 11.3. The molecule has 9 nitrogen and oxygen atoms in total. The fraction of sp³-hybridized carbons (Fsp3) is 0.200. The maximum atomic E-state index is 14.1. The number of carbonyl (C=O) groups is 3. The molecule has 2 aliphatic heterocycles. The highest BCUT2D eigenvalue weighted by Gasteiger charge is 2.57. The smallest absolute Gasteiger partial charge is 0.308 e. The molecule has 0 aliphatic carbocycles. The lowest BCUT2D eigenvalue weighted by Gasteiger charge is -2.31. The number of rotatable bonds is 7. The van der Waals surface area contributed by atoms with E-state index in [2.05, 4.69) is 5.32 Å². The highest BCUT2D eigenvalue weighted by atomic mass is 35.5. The molecule has 1 aromatic heterocycles. The average Bonchev–Trinajstić information content (AvgIpc) is 3.44. The van der Waals surface area contributed by atoms with E-state index in [4.69, 9.17) is 21.1 Å². The molecule has 3 unspecified atom stereocenters. The van der Waals surface area contributed by atoms with Crippen molar-refractivity contribution in [3.05, 3.63) is 97.9 Å². The van der Waals surface area contributed by atoms with E-state index in [1.807, 2.05) is 18.2 Å². The Balaban J connectivity index is 1.42. The number of carbonyl (C=O) groups excluding carboxylic acids is 3. The van der Waals surface area contributed by atoms with E-state index in [-0.39, 0.29) is 23.2 Å². The van der Waals surface area contributed by atoms with Gasteiger partial charge in [-0.1, -0.05) is 52.9 Å². The van der Waals surface area contributed by atoms with Gasteiger partial charge in [0.1, 0.15) is 23.3 Å². The van der Waals surface area contributed by atoms with Crippen LogP contribution in [0.2, 0.25) is 5.02 Å². The summed E-state index contributed by atoms with van der Waals surface area (Å²) in [7, 11) is 3.08. The average molecular weight is 622 g/mol. The predicted octanol–water partition coefficient (Wildman–Crippen LogP) is 5.01. The number of fused-ring (bicyclic) bond motifs is 2. The van der Waals surface area contributed by atoms with Crippen LogP contribution >= 0.6 is 34.7 Å². The molecule has 2 aliphatic rings. The minimum atomic E-state index is -0.818. The number of ether oxygens (including phenoxy) is 2. The van der Waals surface area contributed by atoms with Crippen molar-refractivity contribution in [3.8, 4) is 11.5 Å². The third-order valence-electron chi connectivity index (χ3n) is 7.28. The Labute approximate surface area is 254 Å². The minimum absolute atomic E-state index is 0.263. The van der Waals surface area contributed by atoms with Crippen LogP contribution in [-0.4, -0.2) is 41.8 Å². The first-order valence-corrected chi connectivity index (χ1v) is 15.0. The Morgan fingerprint density at radius 1 is 0.929 bits per heavy atom. The van der Waals surface area contributed by atoms with Gasteiger partial charge < -0.3 is 14.8 Å². The van der Waals surface area contributed by atoms with Gasteiger partial charge in [-0.3, -0.25) is 23.7 Å². The standard InChI is InChI=1S/C30H24ClN3O6S2/c1-39-19-13-11-18(12-14-19)34-27(36)24-23(20-5-3-4-6-21(20)40-2)26-29(41-25(24)28(34)37)33(30(38)42-26)15-22(35)32-17-9-7-16(31)8-10-17/h3-14,23-25H,15H2,1-2H3,(H,32,35). The SMILES string of the molecule is COc1ccc(N2C(=O)C3Sc4c(sc(=O)n4CC(=O)Nc4ccc(Cl)cc4)C(c4ccccc4OC)C3C2=O)cc1. The van der Waals surface area contributed by atoms with Gasteiger partial charge in [-0.15, -0.1) is 0 Å². The van der Waals surface area contributed by atoms with Gasteiger partial charge in [0.15, 0.2) is 0 Å². The number of benzene rings is 3. The molecule has 1 fully saturated rings. The molecule has 0 radical (unpaired) electrons. The second-order valence-corrected chi connectivity index (χ2v) is 12.2. The summed E-state index contributed by atoms with van der Waals surface area (Å²) in [6, 6.07) is 20.6. The molecular weight excluding hydrogens is 598 g/mol. The van der Waals surface area contributed by atoms with E-state index in [1.54, 1.807) is 54.6 Å². The molecule has 0 spiro atoms. The fourth-order valence-corrected chi connectivity index (χ4v) is 8.27. The van der Waals surface area contributed by atoms with Gasteiger partial charge >= 0.3 is 4.87 Å². The topological polar surface area (TPSA) is 107 Å². The molecule has 6 rings (SSSR count). The first-order valence-electron chi connectivity index (χ1n) is 12.9. The number of imide groups is 1. The number of hydrogen-bond acceptors (Lipinski definition) is 8. The zero-order valence-corrected chi connectivity index (χ0v) is 24.8. The number of para-hydroxylation sites is 1. The summed E-state index contributed by atoms with van der Waals surface area (Å²) in [4.78, 5) is 55.8. The van der Waals surface area contributed by atoms with Crippen molar-refractivity contribution in [1.29, 1.82) is 0 Å². The van der Waals surface area contributed by atoms with Crippen molar-refractivity contribution in [3.63, 3.8) is 0 Å². The van der Waals surface area contributed by atoms with Crippen LogP contribution in [0, 0.1) is 5.92 Å². The third kappa shape index (κ3) is 4.87. The first-order chi connectivity index (χ1) is 20.3. The van der Waals surface area contributed by atoms with E-state index < -0.39 is 23.0 Å². The normalized spacial score (nSPS) is 19.3. The van der Waals surface area contributed by atoms with Gasteiger partial charge in [-0.05, 0) is 54.6 Å². The van der Waals surface area contributed by atoms with Crippen LogP contribution in [0.4, 0.5) is 11.4 Å². The molecule has 1 saturated heterocycles. The summed E-state index contributed by atoms with van der Waals surface area (Å²) in [6.07, 6.45) is 0. The predicted molar refractivity (Wildman–Crippen MR) is 162 cm³/mol. The highest BCUT2D eigenvalue weighted by Crippen LogP contribution is 2.55. The van der Waals surface area contributed by atoms with Crippen molar-refractivity contribution in [2.75, 3.05) is 24.4 Å². The Bertz CT molecular complexity index is 1750. The Hall–Kier alpha value is -4.06. The number of amides is 3. The third-order valence-corrected chi connectivity index (χ3v) is 10.1. The van der Waals surface area contributed by atoms with E-state index >= 15 is 0 Å². The molecule has 3 aromatic carbocycles. The number of hydrogen-bond donors (Lipinski definition) is 1. The Morgan fingerprint density at radius 3 is 2.33 bits per heavy atom. The Morgan fingerprint density at radius 2 is 1.64 bits per heavy atom. The maximum Gasteiger partial charge on any atom is 0.308 e. The minimum Gasteiger partial charge on any atom is -0.497 e. The van der Waals surface area contributed by atoms with Gasteiger partial charge in [0.05, 0.1) is 30.9 Å². The largest absolute Gasteiger partial charge is 0.497 e. The summed E-state index contributed by atoms with van der Waals surface area (Å²) in [5, 5.41) is 2.99. The van der Waals surface area contributed by atoms with E-state index in [0.717, 1.165) is 23.1 Å². The van der Waals surface area contributed by atoms with Crippen molar-refractivity contribution >= 4 is 63.8 Å². The second-order valence-electron chi connectivity index (χ2n) is 9.67. The molecule has 42 heavy (non-hydrogen) atoms. The van der Waals surface area contributed by atoms with Gasteiger partial charge in [0.2, 0.25) is 17.7 Å². The van der Waals surface area contributed by atoms with E-state index in [1.165, 1.54) is 23.7 Å². The van der Waals surface area contributed by atoms with Crippen LogP contribution in [0.15, 0.2) is 82.6 Å². The lowest BCUT2D eigenvalue weighted by atomic mass is 9.82. The molecule has 0 saturated carbocycles. The van der Waals surface area contributed by atoms with Crippen molar-refractivity contribution in [2.45, 2.75) is 22.7 Å². The lowest BCUT2D eigenvalue weighted by molar-refractivity contribution is -0.122. The summed E-state index contributed by atoms with van der Waals surface area (Å²) in [5.41, 5.74) is 1.66. The van der Waals surface area contributed by atoms with Gasteiger partial charge in [0.25, 0.3) is 0 Å². The molecule has 3 heterocycles. The number of anilines is 2. The quantitative estimate of drug-likeness (QED) is 0.289. The summed E-state index contributed by atoms with van der Waals surface area (Å²) in [5.74, 6) is -1.46. The van der Waals surface area contributed by atoms with Gasteiger partial charge in [-0.25, -0.2) is 4.90 Å². The molecule has 0 bridgehead atoms. The molecule has 4 aromatic rings. The van der Waals surface area contributed by atoms with Crippen LogP contribution in [0.1, 0.15) is 16.4 Å². The first kappa shape index (κ1) is 28.1. The van der Waals surface area contributed by atoms with Crippen molar-refractivity contribution in [2.24, 2.45) is 5.92 Å². The van der Waals surface area contributed by atoms with E-state index in [9.17, 15) is 19.2 Å². The van der Waals surface area contributed by atoms with Crippen LogP contribution in [0.3, 0.4) is 0 Å². The summed E-state index contributed by atoms with van der Waals surface area (Å²) >= 11 is 8.08. The lowest BCUT2D eigenvalue weighted by Crippen LogP contribution is -2.33. The maximum absolute atomic E-state index is 14.1. The number of thiazole rings is 1. The molecule has 3 amide bonds. The van der Waals surface area contributed by atoms with Gasteiger partial charge in [-0.2, -0.15) is 0 Å². The number of methoxy groups -OCH3 is 2. The van der Waals surface area contributed by atoms with Crippen molar-refractivity contribution < 1.29 is 23.9 Å². The van der Waals surface area contributed by atoms with Gasteiger partial charge in [0, 0.05) is 27.1 Å². The van der Waals surface area contributed by atoms with Crippen LogP contribution < -0.4 is 24.6 Å². The molecule has 1 N–H and O–H groups in total. The summed E-state index contributed by atoms with van der Waals surface area (Å²) < 4.78 is 12.3. The molecule has 214 valence electrons. The molecular formula is C30H24ClN3O6S2. The number of thioether (sulfide) groups is 1. The van der Waals surface area contributed by atoms with Crippen LogP contribution in [0.5, 0.6) is 11.5 Å². The van der Waals surface area contributed by atoms with Crippen LogP contribution in [0.25, 0.3) is 0 Å². The monoisotopic (exact) mass is 621 g/mol. The zero-order valence-electron chi connectivity index (χ0n) is 22.4. The molecule has 3 atom stereocenters. The fourth-order valence-electron chi connectivity index (χ4n) is 5.38. The zero-order chi connectivity index (χ0) is 29.5. The number of aromatic nitrogens is 1. The number of nitrogens with one attached hydrogen (secondary N) is 1.